The summed E-state index contributed by atoms with van der Waals surface area (Å²) in [5, 5.41) is 10.1. The molecule has 1 aromatic heterocycles. The maximum Gasteiger partial charge on any atom is 0.280 e. The van der Waals surface area contributed by atoms with Crippen LogP contribution in [-0.2, 0) is 0 Å². The molecule has 1 heterocycles. The topological polar surface area (TPSA) is 79.4 Å². The highest BCUT2D eigenvalue weighted by molar-refractivity contribution is 9.10. The SMILES string of the molecule is CCOc1ccccc1/C=N/Nc1cn[nH]c(=O)c1Br. The largest absolute Gasteiger partial charge is 0.493 e. The van der Waals surface area contributed by atoms with Crippen molar-refractivity contribution < 1.29 is 4.74 Å². The zero-order valence-corrected chi connectivity index (χ0v) is 12.3. The Hall–Kier alpha value is -2.15. The van der Waals surface area contributed by atoms with Crippen molar-refractivity contribution in [3.63, 3.8) is 0 Å². The minimum absolute atomic E-state index is 0.320. The summed E-state index contributed by atoms with van der Waals surface area (Å²) in [5.41, 5.74) is 3.76. The molecule has 1 aromatic carbocycles. The van der Waals surface area contributed by atoms with Gasteiger partial charge in [-0.2, -0.15) is 10.2 Å². The Morgan fingerprint density at radius 2 is 2.30 bits per heavy atom. The Bertz CT molecular complexity index is 669. The van der Waals surface area contributed by atoms with E-state index in [1.54, 1.807) is 6.21 Å². The zero-order valence-electron chi connectivity index (χ0n) is 10.8. The van der Waals surface area contributed by atoms with Crippen LogP contribution in [0, 0.1) is 0 Å². The molecular formula is C13H13BrN4O2. The number of H-pyrrole nitrogens is 1. The molecule has 0 aliphatic rings. The number of rotatable bonds is 5. The van der Waals surface area contributed by atoms with Crippen LogP contribution in [0.25, 0.3) is 0 Å². The Kier molecular flexibility index (Phi) is 4.89. The summed E-state index contributed by atoms with van der Waals surface area (Å²) in [6.07, 6.45) is 3.09. The molecule has 0 amide bonds. The number of anilines is 1. The van der Waals surface area contributed by atoms with Crippen molar-refractivity contribution in [2.75, 3.05) is 12.0 Å². The van der Waals surface area contributed by atoms with Gasteiger partial charge in [0.15, 0.2) is 0 Å². The van der Waals surface area contributed by atoms with Gasteiger partial charge in [-0.05, 0) is 35.0 Å². The normalized spacial score (nSPS) is 10.7. The predicted molar refractivity (Wildman–Crippen MR) is 81.4 cm³/mol. The Morgan fingerprint density at radius 1 is 1.50 bits per heavy atom. The second-order valence-electron chi connectivity index (χ2n) is 3.77. The van der Waals surface area contributed by atoms with Crippen molar-refractivity contribution in [3.8, 4) is 5.75 Å². The standard InChI is InChI=1S/C13H13BrN4O2/c1-2-20-11-6-4-3-5-9(11)7-15-17-10-8-16-18-13(19)12(10)14/h3-8H,2H2,1H3,(H2,17,18,19)/b15-7+. The highest BCUT2D eigenvalue weighted by Crippen LogP contribution is 2.17. The fraction of sp³-hybridized carbons (Fsp3) is 0.154. The van der Waals surface area contributed by atoms with Gasteiger partial charge < -0.3 is 4.74 Å². The number of nitrogens with one attached hydrogen (secondary N) is 2. The average molecular weight is 337 g/mol. The van der Waals surface area contributed by atoms with Crippen LogP contribution in [-0.4, -0.2) is 23.0 Å². The number of ether oxygens (including phenoxy) is 1. The molecule has 0 saturated carbocycles. The summed E-state index contributed by atoms with van der Waals surface area (Å²) in [6, 6.07) is 7.55. The third kappa shape index (κ3) is 3.45. The van der Waals surface area contributed by atoms with Crippen molar-refractivity contribution >= 4 is 27.8 Å². The number of nitrogens with zero attached hydrogens (tertiary/aromatic N) is 2. The number of hydrogen-bond donors (Lipinski definition) is 2. The molecule has 0 aliphatic heterocycles. The lowest BCUT2D eigenvalue weighted by molar-refractivity contribution is 0.340. The molecule has 7 heteroatoms. The summed E-state index contributed by atoms with van der Waals surface area (Å²) in [4.78, 5) is 11.3. The van der Waals surface area contributed by atoms with Crippen LogP contribution in [0.15, 0.2) is 44.8 Å². The second-order valence-corrected chi connectivity index (χ2v) is 4.56. The fourth-order valence-corrected chi connectivity index (χ4v) is 1.79. The van der Waals surface area contributed by atoms with Gasteiger partial charge in [-0.3, -0.25) is 10.2 Å². The molecule has 0 atom stereocenters. The van der Waals surface area contributed by atoms with Crippen LogP contribution in [0.5, 0.6) is 5.75 Å². The van der Waals surface area contributed by atoms with Gasteiger partial charge in [-0.1, -0.05) is 12.1 Å². The number of aromatic amines is 1. The first-order valence-electron chi connectivity index (χ1n) is 5.96. The number of hydrogen-bond acceptors (Lipinski definition) is 5. The lowest BCUT2D eigenvalue weighted by Crippen LogP contribution is -2.10. The first kappa shape index (κ1) is 14.3. The van der Waals surface area contributed by atoms with Gasteiger partial charge in [0.05, 0.1) is 24.7 Å². The van der Waals surface area contributed by atoms with E-state index < -0.39 is 0 Å². The molecule has 0 saturated heterocycles. The van der Waals surface area contributed by atoms with Gasteiger partial charge in [0.2, 0.25) is 0 Å². The first-order chi connectivity index (χ1) is 9.72. The summed E-state index contributed by atoms with van der Waals surface area (Å²) in [5.74, 6) is 0.753. The van der Waals surface area contributed by atoms with Crippen LogP contribution < -0.4 is 15.7 Å². The van der Waals surface area contributed by atoms with Crippen molar-refractivity contribution in [1.82, 2.24) is 10.2 Å². The summed E-state index contributed by atoms with van der Waals surface area (Å²) < 4.78 is 5.84. The molecule has 0 spiro atoms. The predicted octanol–water partition coefficient (Wildman–Crippen LogP) is 2.38. The number of benzene rings is 1. The molecule has 0 unspecified atom stereocenters. The van der Waals surface area contributed by atoms with E-state index in [1.807, 2.05) is 31.2 Å². The van der Waals surface area contributed by atoms with Gasteiger partial charge in [0, 0.05) is 5.56 Å². The Labute approximate surface area is 124 Å². The van der Waals surface area contributed by atoms with E-state index in [0.717, 1.165) is 11.3 Å². The van der Waals surface area contributed by atoms with Crippen molar-refractivity contribution in [3.05, 3.63) is 50.9 Å². The van der Waals surface area contributed by atoms with Gasteiger partial charge in [0.25, 0.3) is 5.56 Å². The number of para-hydroxylation sites is 1. The summed E-state index contributed by atoms with van der Waals surface area (Å²) in [7, 11) is 0. The molecule has 2 rings (SSSR count). The molecule has 104 valence electrons. The lowest BCUT2D eigenvalue weighted by atomic mass is 10.2. The molecule has 2 N–H and O–H groups in total. The van der Waals surface area contributed by atoms with E-state index in [2.05, 4.69) is 36.7 Å². The third-order valence-electron chi connectivity index (χ3n) is 2.40. The molecule has 2 aromatic rings. The van der Waals surface area contributed by atoms with E-state index >= 15 is 0 Å². The number of halogens is 1. The molecule has 20 heavy (non-hydrogen) atoms. The quantitative estimate of drug-likeness (QED) is 0.649. The number of hydrazone groups is 1. The minimum Gasteiger partial charge on any atom is -0.493 e. The van der Waals surface area contributed by atoms with Crippen molar-refractivity contribution in [2.24, 2.45) is 5.10 Å². The van der Waals surface area contributed by atoms with Crippen LogP contribution in [0.1, 0.15) is 12.5 Å². The van der Waals surface area contributed by atoms with Crippen LogP contribution in [0.4, 0.5) is 5.69 Å². The first-order valence-corrected chi connectivity index (χ1v) is 6.75. The minimum atomic E-state index is -0.320. The van der Waals surface area contributed by atoms with Gasteiger partial charge in [0.1, 0.15) is 10.2 Å². The monoisotopic (exact) mass is 336 g/mol. The molecule has 0 radical (unpaired) electrons. The maximum atomic E-state index is 11.3. The zero-order chi connectivity index (χ0) is 14.4. The van der Waals surface area contributed by atoms with Crippen molar-refractivity contribution in [2.45, 2.75) is 6.92 Å². The van der Waals surface area contributed by atoms with E-state index in [1.165, 1.54) is 6.20 Å². The lowest BCUT2D eigenvalue weighted by Gasteiger charge is -2.06. The highest BCUT2D eigenvalue weighted by Gasteiger charge is 2.03. The molecular weight excluding hydrogens is 324 g/mol. The van der Waals surface area contributed by atoms with Crippen LogP contribution in [0.2, 0.25) is 0 Å². The van der Waals surface area contributed by atoms with E-state index in [4.69, 9.17) is 4.74 Å². The Balaban J connectivity index is 2.14. The summed E-state index contributed by atoms with van der Waals surface area (Å²) >= 11 is 3.16. The third-order valence-corrected chi connectivity index (χ3v) is 3.19. The second kappa shape index (κ2) is 6.85. The maximum absolute atomic E-state index is 11.3. The van der Waals surface area contributed by atoms with Crippen molar-refractivity contribution in [1.29, 1.82) is 0 Å². The molecule has 0 fully saturated rings. The van der Waals surface area contributed by atoms with Gasteiger partial charge in [-0.25, -0.2) is 5.10 Å². The van der Waals surface area contributed by atoms with E-state index in [9.17, 15) is 4.79 Å². The average Bonchev–Trinajstić information content (AvgIpc) is 2.45. The van der Waals surface area contributed by atoms with Crippen LogP contribution in [0.3, 0.4) is 0 Å². The Morgan fingerprint density at radius 3 is 3.10 bits per heavy atom. The van der Waals surface area contributed by atoms with E-state index in [-0.39, 0.29) is 5.56 Å². The summed E-state index contributed by atoms with van der Waals surface area (Å²) in [6.45, 7) is 2.51. The fourth-order valence-electron chi connectivity index (χ4n) is 1.51. The highest BCUT2D eigenvalue weighted by atomic mass is 79.9. The van der Waals surface area contributed by atoms with Gasteiger partial charge >= 0.3 is 0 Å². The molecule has 0 aliphatic carbocycles. The number of aromatic nitrogens is 2. The van der Waals surface area contributed by atoms with Crippen LogP contribution >= 0.6 is 15.9 Å². The smallest absolute Gasteiger partial charge is 0.280 e. The van der Waals surface area contributed by atoms with Gasteiger partial charge in [-0.15, -0.1) is 0 Å². The van der Waals surface area contributed by atoms with E-state index in [0.29, 0.717) is 16.8 Å². The molecule has 0 bridgehead atoms. The molecule has 6 nitrogen and oxygen atoms in total.